The second-order valence-corrected chi connectivity index (χ2v) is 4.25. The van der Waals surface area contributed by atoms with E-state index in [1.807, 2.05) is 6.92 Å². The Labute approximate surface area is 103 Å². The fourth-order valence-electron chi connectivity index (χ4n) is 1.36. The lowest BCUT2D eigenvalue weighted by atomic mass is 10.1. The fourth-order valence-corrected chi connectivity index (χ4v) is 1.36. The van der Waals surface area contributed by atoms with Crippen molar-refractivity contribution in [2.75, 3.05) is 6.54 Å². The Bertz CT molecular complexity index is 281. The summed E-state index contributed by atoms with van der Waals surface area (Å²) < 4.78 is 0. The van der Waals surface area contributed by atoms with Gasteiger partial charge in [-0.25, -0.2) is 0 Å². The highest BCUT2D eigenvalue weighted by Crippen LogP contribution is 2.04. The Kier molecular flexibility index (Phi) is 8.85. The zero-order valence-electron chi connectivity index (χ0n) is 10.4. The lowest BCUT2D eigenvalue weighted by Crippen LogP contribution is -2.28. The van der Waals surface area contributed by atoms with Gasteiger partial charge in [0, 0.05) is 25.8 Å². The molecule has 0 fully saturated rings. The van der Waals surface area contributed by atoms with Gasteiger partial charge in [-0.15, -0.1) is 12.3 Å². The van der Waals surface area contributed by atoms with E-state index >= 15 is 0 Å². The molecule has 0 rings (SSSR count). The number of carbonyl (C=O) groups excluding carboxylic acids is 1. The van der Waals surface area contributed by atoms with Crippen molar-refractivity contribution in [1.29, 1.82) is 0 Å². The molecule has 17 heavy (non-hydrogen) atoms. The third-order valence-corrected chi connectivity index (χ3v) is 2.47. The normalized spacial score (nSPS) is 11.5. The molecule has 2 N–H and O–H groups in total. The van der Waals surface area contributed by atoms with Gasteiger partial charge in [-0.2, -0.15) is 0 Å². The van der Waals surface area contributed by atoms with Crippen LogP contribution in [0.2, 0.25) is 0 Å². The summed E-state index contributed by atoms with van der Waals surface area (Å²) in [5.74, 6) is 1.95. The summed E-state index contributed by atoms with van der Waals surface area (Å²) in [5, 5.41) is 11.3. The molecule has 4 nitrogen and oxygen atoms in total. The van der Waals surface area contributed by atoms with E-state index in [2.05, 4.69) is 11.2 Å². The number of carboxylic acids is 1. The van der Waals surface area contributed by atoms with Crippen molar-refractivity contribution in [2.24, 2.45) is 5.92 Å². The van der Waals surface area contributed by atoms with Crippen molar-refractivity contribution in [3.63, 3.8) is 0 Å². The summed E-state index contributed by atoms with van der Waals surface area (Å²) in [6, 6.07) is 0. The van der Waals surface area contributed by atoms with Crippen molar-refractivity contribution < 1.29 is 14.7 Å². The summed E-state index contributed by atoms with van der Waals surface area (Å²) in [6.07, 6.45) is 8.73. The third-order valence-electron chi connectivity index (χ3n) is 2.47. The number of nitrogens with one attached hydrogen (secondary N) is 1. The van der Waals surface area contributed by atoms with Crippen molar-refractivity contribution in [2.45, 2.75) is 45.4 Å². The molecular formula is C13H21NO3. The van der Waals surface area contributed by atoms with E-state index in [4.69, 9.17) is 11.5 Å². The van der Waals surface area contributed by atoms with Gasteiger partial charge in [0.15, 0.2) is 0 Å². The maximum absolute atomic E-state index is 11.4. The number of hydrogen-bond donors (Lipinski definition) is 2. The predicted octanol–water partition coefficient (Wildman–Crippen LogP) is 1.80. The molecule has 0 aliphatic heterocycles. The van der Waals surface area contributed by atoms with Gasteiger partial charge in [-0.05, 0) is 25.2 Å². The molecular weight excluding hydrogens is 218 g/mol. The van der Waals surface area contributed by atoms with Gasteiger partial charge in [0.1, 0.15) is 0 Å². The van der Waals surface area contributed by atoms with Gasteiger partial charge in [0.05, 0.1) is 0 Å². The van der Waals surface area contributed by atoms with Crippen LogP contribution in [0.4, 0.5) is 0 Å². The largest absolute Gasteiger partial charge is 0.481 e. The Hall–Kier alpha value is -1.50. The molecule has 0 aromatic rings. The molecule has 96 valence electrons. The first kappa shape index (κ1) is 15.5. The summed E-state index contributed by atoms with van der Waals surface area (Å²) in [5.41, 5.74) is 0. The Morgan fingerprint density at radius 2 is 2.06 bits per heavy atom. The van der Waals surface area contributed by atoms with Gasteiger partial charge >= 0.3 is 5.97 Å². The van der Waals surface area contributed by atoms with Gasteiger partial charge in [-0.1, -0.05) is 6.92 Å². The molecule has 0 aromatic heterocycles. The topological polar surface area (TPSA) is 66.4 Å². The molecule has 1 amide bonds. The summed E-state index contributed by atoms with van der Waals surface area (Å²) in [4.78, 5) is 21.7. The molecule has 0 heterocycles. The average molecular weight is 239 g/mol. The number of hydrogen-bond acceptors (Lipinski definition) is 2. The third kappa shape index (κ3) is 10.8. The fraction of sp³-hybridized carbons (Fsp3) is 0.692. The smallest absolute Gasteiger partial charge is 0.303 e. The Morgan fingerprint density at radius 3 is 2.65 bits per heavy atom. The molecule has 0 saturated carbocycles. The molecule has 0 radical (unpaired) electrons. The Morgan fingerprint density at radius 1 is 1.35 bits per heavy atom. The highest BCUT2D eigenvalue weighted by atomic mass is 16.4. The first-order valence-corrected chi connectivity index (χ1v) is 5.98. The van der Waals surface area contributed by atoms with Crippen LogP contribution in [0.1, 0.15) is 45.4 Å². The van der Waals surface area contributed by atoms with E-state index in [0.717, 1.165) is 12.8 Å². The van der Waals surface area contributed by atoms with Crippen molar-refractivity contribution in [1.82, 2.24) is 5.32 Å². The quantitative estimate of drug-likeness (QED) is 0.476. The van der Waals surface area contributed by atoms with Crippen LogP contribution in [-0.4, -0.2) is 23.5 Å². The maximum atomic E-state index is 11.4. The Balaban J connectivity index is 3.49. The predicted molar refractivity (Wildman–Crippen MR) is 66.3 cm³/mol. The van der Waals surface area contributed by atoms with E-state index < -0.39 is 5.97 Å². The number of amides is 1. The van der Waals surface area contributed by atoms with Crippen molar-refractivity contribution >= 4 is 11.9 Å². The zero-order valence-corrected chi connectivity index (χ0v) is 10.4. The summed E-state index contributed by atoms with van der Waals surface area (Å²) >= 11 is 0. The minimum atomic E-state index is -0.794. The molecule has 0 bridgehead atoms. The number of rotatable bonds is 9. The number of carbonyl (C=O) groups is 2. The van der Waals surface area contributed by atoms with Crippen LogP contribution in [0, 0.1) is 18.3 Å². The molecule has 4 heteroatoms. The molecule has 0 aromatic carbocycles. The number of aliphatic carboxylic acids is 1. The number of carboxylic acid groups (broad SMARTS) is 1. The monoisotopic (exact) mass is 239 g/mol. The molecule has 0 aliphatic rings. The highest BCUT2D eigenvalue weighted by molar-refractivity contribution is 5.75. The maximum Gasteiger partial charge on any atom is 0.303 e. The minimum Gasteiger partial charge on any atom is -0.481 e. The van der Waals surface area contributed by atoms with Crippen LogP contribution in [0.3, 0.4) is 0 Å². The van der Waals surface area contributed by atoms with Gasteiger partial charge in [-0.3, -0.25) is 9.59 Å². The summed E-state index contributed by atoms with van der Waals surface area (Å²) in [6.45, 7) is 2.48. The molecule has 0 saturated heterocycles. The van der Waals surface area contributed by atoms with Crippen LogP contribution in [0.15, 0.2) is 0 Å². The lowest BCUT2D eigenvalue weighted by molar-refractivity contribution is -0.137. The lowest BCUT2D eigenvalue weighted by Gasteiger charge is -2.11. The molecule has 1 unspecified atom stereocenters. The van der Waals surface area contributed by atoms with Crippen LogP contribution in [0.25, 0.3) is 0 Å². The molecule has 0 spiro atoms. The SMILES string of the molecule is C#CCCCCC(=O)NCC(C)CCC(=O)O. The van der Waals surface area contributed by atoms with Crippen LogP contribution in [0.5, 0.6) is 0 Å². The average Bonchev–Trinajstić information content (AvgIpc) is 2.29. The minimum absolute atomic E-state index is 0.0178. The first-order valence-electron chi connectivity index (χ1n) is 5.98. The number of unbranched alkanes of at least 4 members (excludes halogenated alkanes) is 2. The van der Waals surface area contributed by atoms with Gasteiger partial charge in [0.25, 0.3) is 0 Å². The second kappa shape index (κ2) is 9.71. The van der Waals surface area contributed by atoms with Gasteiger partial charge in [0.2, 0.25) is 5.91 Å². The van der Waals surface area contributed by atoms with E-state index in [1.165, 1.54) is 0 Å². The zero-order chi connectivity index (χ0) is 13.1. The van der Waals surface area contributed by atoms with Crippen LogP contribution in [-0.2, 0) is 9.59 Å². The molecule has 1 atom stereocenters. The van der Waals surface area contributed by atoms with E-state index in [1.54, 1.807) is 0 Å². The second-order valence-electron chi connectivity index (χ2n) is 4.25. The van der Waals surface area contributed by atoms with Crippen LogP contribution >= 0.6 is 0 Å². The standard InChI is InChI=1S/C13H21NO3/c1-3-4-5-6-7-12(15)14-10-11(2)8-9-13(16)17/h1,11H,4-10H2,2H3,(H,14,15)(H,16,17). The van der Waals surface area contributed by atoms with Crippen molar-refractivity contribution in [3.05, 3.63) is 0 Å². The van der Waals surface area contributed by atoms with E-state index in [0.29, 0.717) is 25.8 Å². The first-order chi connectivity index (χ1) is 8.06. The van der Waals surface area contributed by atoms with E-state index in [9.17, 15) is 9.59 Å². The van der Waals surface area contributed by atoms with Gasteiger partial charge < -0.3 is 10.4 Å². The van der Waals surface area contributed by atoms with Crippen molar-refractivity contribution in [3.8, 4) is 12.3 Å². The number of terminal acetylenes is 1. The highest BCUT2D eigenvalue weighted by Gasteiger charge is 2.07. The summed E-state index contributed by atoms with van der Waals surface area (Å²) in [7, 11) is 0. The molecule has 0 aliphatic carbocycles. The van der Waals surface area contributed by atoms with Crippen LogP contribution < -0.4 is 5.32 Å². The van der Waals surface area contributed by atoms with E-state index in [-0.39, 0.29) is 18.2 Å².